The van der Waals surface area contributed by atoms with Crippen molar-refractivity contribution in [1.82, 2.24) is 10.3 Å². The molecule has 0 saturated heterocycles. The first-order valence-corrected chi connectivity index (χ1v) is 11.7. The second kappa shape index (κ2) is 10.7. The number of nitrogens with one attached hydrogen (secondary N) is 2. The van der Waals surface area contributed by atoms with Gasteiger partial charge in [-0.3, -0.25) is 10.1 Å². The molecule has 2 N–H and O–H groups in total. The number of hydrogen-bond donors (Lipinski definition) is 2. The molecular formula is C26H24ClN3O3S. The van der Waals surface area contributed by atoms with Crippen LogP contribution in [0.1, 0.15) is 31.7 Å². The maximum atomic E-state index is 12.1. The summed E-state index contributed by atoms with van der Waals surface area (Å²) in [5, 5.41) is 6.35. The van der Waals surface area contributed by atoms with Crippen LogP contribution in [0.25, 0.3) is 22.6 Å². The Morgan fingerprint density at radius 3 is 2.56 bits per heavy atom. The van der Waals surface area contributed by atoms with Crippen molar-refractivity contribution < 1.29 is 13.9 Å². The van der Waals surface area contributed by atoms with E-state index in [2.05, 4.69) is 41.6 Å². The summed E-state index contributed by atoms with van der Waals surface area (Å²) < 4.78 is 11.3. The molecule has 4 aromatic rings. The molecule has 0 aliphatic carbocycles. The Labute approximate surface area is 208 Å². The van der Waals surface area contributed by atoms with Crippen LogP contribution in [0.5, 0.6) is 5.75 Å². The first kappa shape index (κ1) is 23.7. The summed E-state index contributed by atoms with van der Waals surface area (Å²) >= 11 is 11.1. The number of nitrogens with zero attached hydrogens (tertiary/aromatic N) is 1. The van der Waals surface area contributed by atoms with E-state index in [4.69, 9.17) is 33.0 Å². The van der Waals surface area contributed by atoms with E-state index in [1.807, 2.05) is 30.3 Å². The van der Waals surface area contributed by atoms with Gasteiger partial charge in [0.05, 0.1) is 0 Å². The molecule has 1 unspecified atom stereocenters. The van der Waals surface area contributed by atoms with Crippen LogP contribution in [0.3, 0.4) is 0 Å². The van der Waals surface area contributed by atoms with Gasteiger partial charge in [0.2, 0.25) is 5.89 Å². The minimum Gasteiger partial charge on any atom is -0.484 e. The van der Waals surface area contributed by atoms with Gasteiger partial charge in [0.25, 0.3) is 5.91 Å². The first-order valence-electron chi connectivity index (χ1n) is 10.9. The molecule has 6 nitrogen and oxygen atoms in total. The smallest absolute Gasteiger partial charge is 0.264 e. The zero-order chi connectivity index (χ0) is 24.1. The van der Waals surface area contributed by atoms with E-state index >= 15 is 0 Å². The molecular weight excluding hydrogens is 470 g/mol. The lowest BCUT2D eigenvalue weighted by Gasteiger charge is -2.10. The van der Waals surface area contributed by atoms with Crippen molar-refractivity contribution in [3.8, 4) is 17.2 Å². The van der Waals surface area contributed by atoms with Gasteiger partial charge in [0.1, 0.15) is 11.3 Å². The van der Waals surface area contributed by atoms with Crippen LogP contribution in [0.2, 0.25) is 5.02 Å². The third kappa shape index (κ3) is 5.92. The van der Waals surface area contributed by atoms with Crippen molar-refractivity contribution in [2.45, 2.75) is 26.2 Å². The van der Waals surface area contributed by atoms with E-state index in [1.54, 1.807) is 24.3 Å². The van der Waals surface area contributed by atoms with Crippen LogP contribution in [-0.4, -0.2) is 22.6 Å². The number of aromatic nitrogens is 1. The Bertz CT molecular complexity index is 1300. The number of carbonyl (C=O) groups is 1. The standard InChI is InChI=1S/C26H24ClN3O3S/c1-3-16(2)18-6-13-23-22(14-18)29-25(33-23)17-4-9-20(10-5-17)28-26(34)30-24(31)15-32-21-11-7-19(27)8-12-21/h4-14,16H,3,15H2,1-2H3,(H2,28,30,31,34). The summed E-state index contributed by atoms with van der Waals surface area (Å²) in [5.74, 6) is 1.21. The van der Waals surface area contributed by atoms with Gasteiger partial charge in [-0.2, -0.15) is 0 Å². The van der Waals surface area contributed by atoms with Gasteiger partial charge in [-0.1, -0.05) is 31.5 Å². The van der Waals surface area contributed by atoms with Crippen LogP contribution in [-0.2, 0) is 4.79 Å². The summed E-state index contributed by atoms with van der Waals surface area (Å²) in [4.78, 5) is 16.7. The number of carbonyl (C=O) groups excluding carboxylic acids is 1. The number of ether oxygens (including phenoxy) is 1. The highest BCUT2D eigenvalue weighted by atomic mass is 35.5. The lowest BCUT2D eigenvalue weighted by atomic mass is 9.98. The Kier molecular flexibility index (Phi) is 7.45. The van der Waals surface area contributed by atoms with E-state index < -0.39 is 0 Å². The van der Waals surface area contributed by atoms with Crippen LogP contribution < -0.4 is 15.4 Å². The zero-order valence-corrected chi connectivity index (χ0v) is 20.4. The second-order valence-corrected chi connectivity index (χ2v) is 8.72. The van der Waals surface area contributed by atoms with Crippen LogP contribution in [0.4, 0.5) is 5.69 Å². The summed E-state index contributed by atoms with van der Waals surface area (Å²) in [6.45, 7) is 4.21. The Morgan fingerprint density at radius 2 is 1.85 bits per heavy atom. The average Bonchev–Trinajstić information content (AvgIpc) is 3.27. The number of oxazole rings is 1. The van der Waals surface area contributed by atoms with Crippen molar-refractivity contribution in [1.29, 1.82) is 0 Å². The quantitative estimate of drug-likeness (QED) is 0.284. The minimum atomic E-state index is -0.368. The molecule has 0 aliphatic rings. The van der Waals surface area contributed by atoms with Gasteiger partial charge in [-0.25, -0.2) is 4.98 Å². The molecule has 1 atom stereocenters. The summed E-state index contributed by atoms with van der Waals surface area (Å²) in [5.41, 5.74) is 4.43. The Hall–Kier alpha value is -3.42. The third-order valence-corrected chi connectivity index (χ3v) is 5.88. The number of anilines is 1. The second-order valence-electron chi connectivity index (χ2n) is 7.88. The SMILES string of the molecule is CCC(C)c1ccc2oc(-c3ccc(NC(=S)NC(=O)COc4ccc(Cl)cc4)cc3)nc2c1. The molecule has 0 fully saturated rings. The minimum absolute atomic E-state index is 0.168. The molecule has 8 heteroatoms. The number of hydrogen-bond acceptors (Lipinski definition) is 5. The van der Waals surface area contributed by atoms with Crippen molar-refractivity contribution in [2.24, 2.45) is 0 Å². The van der Waals surface area contributed by atoms with E-state index in [1.165, 1.54) is 5.56 Å². The van der Waals surface area contributed by atoms with Gasteiger partial charge in [0, 0.05) is 16.3 Å². The molecule has 0 spiro atoms. The fourth-order valence-corrected chi connectivity index (χ4v) is 3.67. The van der Waals surface area contributed by atoms with E-state index in [0.29, 0.717) is 22.6 Å². The van der Waals surface area contributed by atoms with Gasteiger partial charge in [-0.15, -0.1) is 0 Å². The summed E-state index contributed by atoms with van der Waals surface area (Å²) in [6.07, 6.45) is 1.07. The largest absolute Gasteiger partial charge is 0.484 e. The van der Waals surface area contributed by atoms with Crippen molar-refractivity contribution in [3.05, 3.63) is 77.3 Å². The number of benzene rings is 3. The Balaban J connectivity index is 1.33. The number of halogens is 1. The van der Waals surface area contributed by atoms with Gasteiger partial charge in [0.15, 0.2) is 17.3 Å². The maximum Gasteiger partial charge on any atom is 0.264 e. The van der Waals surface area contributed by atoms with Crippen molar-refractivity contribution in [2.75, 3.05) is 11.9 Å². The van der Waals surface area contributed by atoms with Crippen LogP contribution in [0, 0.1) is 0 Å². The summed E-state index contributed by atoms with van der Waals surface area (Å²) in [6, 6.07) is 20.4. The van der Waals surface area contributed by atoms with Crippen LogP contribution in [0.15, 0.2) is 71.1 Å². The van der Waals surface area contributed by atoms with Gasteiger partial charge in [-0.05, 0) is 90.8 Å². The molecule has 0 aliphatic heterocycles. The zero-order valence-electron chi connectivity index (χ0n) is 18.8. The monoisotopic (exact) mass is 493 g/mol. The first-order chi connectivity index (χ1) is 16.4. The molecule has 0 bridgehead atoms. The maximum absolute atomic E-state index is 12.1. The molecule has 4 rings (SSSR count). The fraction of sp³-hybridized carbons (Fsp3) is 0.192. The van der Waals surface area contributed by atoms with E-state index in [-0.39, 0.29) is 17.6 Å². The molecule has 1 aromatic heterocycles. The third-order valence-electron chi connectivity index (χ3n) is 5.42. The molecule has 1 heterocycles. The van der Waals surface area contributed by atoms with Crippen molar-refractivity contribution in [3.63, 3.8) is 0 Å². The molecule has 3 aromatic carbocycles. The highest BCUT2D eigenvalue weighted by Gasteiger charge is 2.12. The molecule has 0 saturated carbocycles. The van der Waals surface area contributed by atoms with E-state index in [9.17, 15) is 4.79 Å². The predicted octanol–water partition coefficient (Wildman–Crippen LogP) is 6.55. The molecule has 1 amide bonds. The number of rotatable bonds is 7. The predicted molar refractivity (Wildman–Crippen MR) is 139 cm³/mol. The molecule has 0 radical (unpaired) electrons. The highest BCUT2D eigenvalue weighted by molar-refractivity contribution is 7.80. The van der Waals surface area contributed by atoms with Crippen molar-refractivity contribution >= 4 is 51.6 Å². The normalized spacial score (nSPS) is 11.7. The number of thiocarbonyl (C=S) groups is 1. The fourth-order valence-electron chi connectivity index (χ4n) is 3.31. The Morgan fingerprint density at radius 1 is 1.12 bits per heavy atom. The average molecular weight is 494 g/mol. The number of amides is 1. The van der Waals surface area contributed by atoms with Gasteiger partial charge < -0.3 is 14.5 Å². The lowest BCUT2D eigenvalue weighted by molar-refractivity contribution is -0.121. The summed E-state index contributed by atoms with van der Waals surface area (Å²) in [7, 11) is 0. The van der Waals surface area contributed by atoms with Crippen LogP contribution >= 0.6 is 23.8 Å². The highest BCUT2D eigenvalue weighted by Crippen LogP contribution is 2.28. The molecule has 174 valence electrons. The lowest BCUT2D eigenvalue weighted by Crippen LogP contribution is -2.37. The molecule has 34 heavy (non-hydrogen) atoms. The van der Waals surface area contributed by atoms with Gasteiger partial charge >= 0.3 is 0 Å². The number of fused-ring (bicyclic) bond motifs is 1. The van der Waals surface area contributed by atoms with E-state index in [0.717, 1.165) is 28.8 Å². The topological polar surface area (TPSA) is 76.4 Å².